The molecule has 0 radical (unpaired) electrons. The molecular weight excluding hydrogens is 531 g/mol. The molecule has 0 atom stereocenters. The Labute approximate surface area is 230 Å². The maximum Gasteiger partial charge on any atom is 0.314 e. The van der Waals surface area contributed by atoms with E-state index < -0.39 is 46.7 Å². The van der Waals surface area contributed by atoms with Gasteiger partial charge in [0, 0.05) is 5.56 Å². The molecule has 0 amide bonds. The van der Waals surface area contributed by atoms with E-state index in [0.29, 0.717) is 37.7 Å². The van der Waals surface area contributed by atoms with Crippen LogP contribution in [-0.4, -0.2) is 19.2 Å². The van der Waals surface area contributed by atoms with Crippen LogP contribution in [0.5, 0.6) is 17.2 Å². The van der Waals surface area contributed by atoms with Crippen molar-refractivity contribution >= 4 is 5.97 Å². The third-order valence-corrected chi connectivity index (χ3v) is 7.14. The van der Waals surface area contributed by atoms with Gasteiger partial charge < -0.3 is 14.2 Å². The molecule has 40 heavy (non-hydrogen) atoms. The molecule has 1 saturated carbocycles. The minimum absolute atomic E-state index is 0.0814. The maximum atomic E-state index is 15.1. The zero-order chi connectivity index (χ0) is 28.8. The van der Waals surface area contributed by atoms with Gasteiger partial charge in [0.2, 0.25) is 17.5 Å². The fourth-order valence-electron chi connectivity index (χ4n) is 4.91. The van der Waals surface area contributed by atoms with Crippen molar-refractivity contribution in [3.05, 3.63) is 77.1 Å². The Morgan fingerprint density at radius 1 is 0.775 bits per heavy atom. The van der Waals surface area contributed by atoms with Gasteiger partial charge >= 0.3 is 5.97 Å². The van der Waals surface area contributed by atoms with Crippen LogP contribution in [-0.2, 0) is 4.79 Å². The van der Waals surface area contributed by atoms with Gasteiger partial charge in [0.05, 0.1) is 19.1 Å². The van der Waals surface area contributed by atoms with E-state index in [4.69, 9.17) is 14.2 Å². The second-order valence-corrected chi connectivity index (χ2v) is 9.77. The van der Waals surface area contributed by atoms with Crippen LogP contribution in [0.25, 0.3) is 11.1 Å². The minimum atomic E-state index is -1.29. The van der Waals surface area contributed by atoms with E-state index in [1.165, 1.54) is 36.4 Å². The Balaban J connectivity index is 1.38. The average Bonchev–Trinajstić information content (AvgIpc) is 2.95. The molecule has 3 aromatic rings. The van der Waals surface area contributed by atoms with Gasteiger partial charge in [-0.2, -0.15) is 13.2 Å². The summed E-state index contributed by atoms with van der Waals surface area (Å²) in [4.78, 5) is 12.7. The van der Waals surface area contributed by atoms with Crippen molar-refractivity contribution in [2.24, 2.45) is 5.92 Å². The summed E-state index contributed by atoms with van der Waals surface area (Å²) < 4.78 is 88.2. The van der Waals surface area contributed by atoms with Crippen molar-refractivity contribution in [3.8, 4) is 28.4 Å². The number of carbonyl (C=O) groups is 1. The van der Waals surface area contributed by atoms with Gasteiger partial charge in [0.1, 0.15) is 5.82 Å². The summed E-state index contributed by atoms with van der Waals surface area (Å²) in [5.74, 6) is -7.70. The van der Waals surface area contributed by atoms with E-state index in [-0.39, 0.29) is 41.8 Å². The van der Waals surface area contributed by atoms with Gasteiger partial charge in [-0.05, 0) is 86.4 Å². The zero-order valence-corrected chi connectivity index (χ0v) is 22.4. The van der Waals surface area contributed by atoms with E-state index in [1.807, 2.05) is 6.92 Å². The number of ether oxygens (including phenoxy) is 3. The van der Waals surface area contributed by atoms with E-state index in [9.17, 15) is 22.4 Å². The normalized spacial score (nSPS) is 17.0. The van der Waals surface area contributed by atoms with Crippen molar-refractivity contribution < 1.29 is 41.0 Å². The molecule has 1 fully saturated rings. The number of esters is 1. The van der Waals surface area contributed by atoms with Crippen LogP contribution in [0, 0.1) is 35.0 Å². The molecule has 0 bridgehead atoms. The SMILES string of the molecule is CCCCOc1ccc(OC(=O)C2CCC(c3ccc(-c4ccc(OCC)c(F)c4F)cc3F)CC2)c(F)c1F. The number of hydrogen-bond acceptors (Lipinski definition) is 4. The molecule has 4 rings (SSSR count). The summed E-state index contributed by atoms with van der Waals surface area (Å²) in [6.45, 7) is 4.02. The summed E-state index contributed by atoms with van der Waals surface area (Å²) in [6, 6.07) is 9.29. The molecule has 1 aliphatic rings. The topological polar surface area (TPSA) is 44.8 Å². The number of hydrogen-bond donors (Lipinski definition) is 0. The lowest BCUT2D eigenvalue weighted by Gasteiger charge is -2.28. The number of rotatable bonds is 10. The minimum Gasteiger partial charge on any atom is -0.491 e. The molecule has 0 unspecified atom stereocenters. The monoisotopic (exact) mass is 562 g/mol. The summed E-state index contributed by atoms with van der Waals surface area (Å²) in [5, 5.41) is 0. The zero-order valence-electron chi connectivity index (χ0n) is 22.4. The van der Waals surface area contributed by atoms with Gasteiger partial charge in [-0.15, -0.1) is 0 Å². The largest absolute Gasteiger partial charge is 0.491 e. The Morgan fingerprint density at radius 2 is 1.40 bits per heavy atom. The van der Waals surface area contributed by atoms with E-state index in [2.05, 4.69) is 0 Å². The first-order valence-corrected chi connectivity index (χ1v) is 13.5. The molecule has 3 aromatic carbocycles. The highest BCUT2D eigenvalue weighted by atomic mass is 19.2. The highest BCUT2D eigenvalue weighted by molar-refractivity contribution is 5.75. The van der Waals surface area contributed by atoms with Gasteiger partial charge in [-0.25, -0.2) is 8.78 Å². The molecule has 0 saturated heterocycles. The first-order chi connectivity index (χ1) is 19.2. The molecule has 0 aliphatic heterocycles. The fourth-order valence-corrected chi connectivity index (χ4v) is 4.91. The predicted octanol–water partition coefficient (Wildman–Crippen LogP) is 8.51. The number of halogens is 5. The van der Waals surface area contributed by atoms with E-state index in [1.54, 1.807) is 13.0 Å². The Hall–Kier alpha value is -3.62. The molecule has 0 spiro atoms. The molecule has 4 nitrogen and oxygen atoms in total. The van der Waals surface area contributed by atoms with Crippen LogP contribution in [0.3, 0.4) is 0 Å². The highest BCUT2D eigenvalue weighted by Gasteiger charge is 2.31. The average molecular weight is 563 g/mol. The van der Waals surface area contributed by atoms with Gasteiger partial charge in [0.25, 0.3) is 0 Å². The summed E-state index contributed by atoms with van der Waals surface area (Å²) in [5.41, 5.74) is 0.519. The van der Waals surface area contributed by atoms with Crippen LogP contribution in [0.15, 0.2) is 42.5 Å². The van der Waals surface area contributed by atoms with Crippen LogP contribution in [0.4, 0.5) is 22.0 Å². The Kier molecular flexibility index (Phi) is 9.66. The van der Waals surface area contributed by atoms with Crippen molar-refractivity contribution in [1.82, 2.24) is 0 Å². The summed E-state index contributed by atoms with van der Waals surface area (Å²) in [6.07, 6.45) is 3.19. The molecule has 0 heterocycles. The summed E-state index contributed by atoms with van der Waals surface area (Å²) in [7, 11) is 0. The second-order valence-electron chi connectivity index (χ2n) is 9.77. The maximum absolute atomic E-state index is 15.1. The third-order valence-electron chi connectivity index (χ3n) is 7.14. The number of unbranched alkanes of at least 4 members (excludes halogenated alkanes) is 1. The molecular formula is C31H31F5O4. The number of carbonyl (C=O) groups excluding carboxylic acids is 1. The van der Waals surface area contributed by atoms with Crippen molar-refractivity contribution in [2.75, 3.05) is 13.2 Å². The fraction of sp³-hybridized carbons (Fsp3) is 0.387. The molecule has 0 N–H and O–H groups in total. The van der Waals surface area contributed by atoms with Crippen molar-refractivity contribution in [1.29, 1.82) is 0 Å². The quantitative estimate of drug-likeness (QED) is 0.108. The van der Waals surface area contributed by atoms with E-state index in [0.717, 1.165) is 6.42 Å². The highest BCUT2D eigenvalue weighted by Crippen LogP contribution is 2.39. The van der Waals surface area contributed by atoms with E-state index >= 15 is 4.39 Å². The smallest absolute Gasteiger partial charge is 0.314 e. The molecule has 9 heteroatoms. The Bertz CT molecular complexity index is 1350. The van der Waals surface area contributed by atoms with Crippen LogP contribution < -0.4 is 14.2 Å². The molecule has 0 aromatic heterocycles. The third kappa shape index (κ3) is 6.40. The first-order valence-electron chi connectivity index (χ1n) is 13.5. The predicted molar refractivity (Wildman–Crippen MR) is 140 cm³/mol. The standard InChI is InChI=1S/C31H31F5O4/c1-3-5-16-39-25-14-15-26(30(36)29(25)35)40-31(37)19-8-6-18(7-9-19)21-11-10-20(17-23(21)32)22-12-13-24(38-4-2)28(34)27(22)33/h10-15,17-19H,3-9,16H2,1-2H3. The lowest BCUT2D eigenvalue weighted by molar-refractivity contribution is -0.140. The lowest BCUT2D eigenvalue weighted by Crippen LogP contribution is -2.25. The Morgan fingerprint density at radius 3 is 2.08 bits per heavy atom. The van der Waals surface area contributed by atoms with Crippen molar-refractivity contribution in [2.45, 2.75) is 58.3 Å². The van der Waals surface area contributed by atoms with Gasteiger partial charge in [0.15, 0.2) is 23.1 Å². The second kappa shape index (κ2) is 13.2. The van der Waals surface area contributed by atoms with Crippen molar-refractivity contribution in [3.63, 3.8) is 0 Å². The lowest BCUT2D eigenvalue weighted by atomic mass is 9.78. The van der Waals surface area contributed by atoms with Gasteiger partial charge in [-0.3, -0.25) is 4.79 Å². The van der Waals surface area contributed by atoms with Crippen LogP contribution >= 0.6 is 0 Å². The number of benzene rings is 3. The van der Waals surface area contributed by atoms with Crippen LogP contribution in [0.1, 0.15) is 63.9 Å². The summed E-state index contributed by atoms with van der Waals surface area (Å²) >= 11 is 0. The van der Waals surface area contributed by atoms with Crippen LogP contribution in [0.2, 0.25) is 0 Å². The molecule has 1 aliphatic carbocycles. The molecule has 214 valence electrons. The first kappa shape index (κ1) is 29.4. The van der Waals surface area contributed by atoms with Gasteiger partial charge in [-0.1, -0.05) is 25.5 Å².